The summed E-state index contributed by atoms with van der Waals surface area (Å²) in [5.41, 5.74) is 0.661. The number of rotatable bonds is 7. The van der Waals surface area contributed by atoms with Crippen molar-refractivity contribution < 1.29 is 31.5 Å². The van der Waals surface area contributed by atoms with Crippen LogP contribution in [0.5, 0.6) is 5.75 Å². The molecule has 2 aromatic carbocycles. The summed E-state index contributed by atoms with van der Waals surface area (Å²) in [4.78, 5) is 12.4. The number of hydrogen-bond acceptors (Lipinski definition) is 4. The van der Waals surface area contributed by atoms with Crippen molar-refractivity contribution in [2.75, 3.05) is 5.32 Å². The Labute approximate surface area is 199 Å². The molecule has 4 rings (SSSR count). The lowest BCUT2D eigenvalue weighted by molar-refractivity contribution is 0.0991. The summed E-state index contributed by atoms with van der Waals surface area (Å²) in [5, 5.41) is 7.69. The maximum Gasteiger partial charge on any atom is 0.292 e. The number of aromatic nitrogens is 2. The lowest BCUT2D eigenvalue weighted by Crippen LogP contribution is -2.12. The van der Waals surface area contributed by atoms with Gasteiger partial charge in [0.2, 0.25) is 11.6 Å². The third kappa shape index (κ3) is 5.02. The van der Waals surface area contributed by atoms with E-state index in [0.717, 1.165) is 0 Å². The van der Waals surface area contributed by atoms with Gasteiger partial charge in [-0.25, -0.2) is 8.78 Å². The van der Waals surface area contributed by atoms with E-state index in [4.69, 9.17) is 32.4 Å². The molecule has 0 spiro atoms. The third-order valence-corrected chi connectivity index (χ3v) is 5.29. The van der Waals surface area contributed by atoms with Gasteiger partial charge >= 0.3 is 0 Å². The van der Waals surface area contributed by atoms with Gasteiger partial charge in [-0.1, -0.05) is 29.3 Å². The Kier molecular flexibility index (Phi) is 6.80. The number of furan rings is 1. The molecule has 0 unspecified atom stereocenters. The van der Waals surface area contributed by atoms with Crippen LogP contribution in [-0.4, -0.2) is 15.7 Å². The number of amides is 1. The van der Waals surface area contributed by atoms with E-state index in [2.05, 4.69) is 10.4 Å². The minimum atomic E-state index is -1.68. The van der Waals surface area contributed by atoms with Gasteiger partial charge in [-0.2, -0.15) is 13.9 Å². The fraction of sp³-hybridized carbons (Fsp3) is 0.0909. The lowest BCUT2D eigenvalue weighted by atomic mass is 10.2. The van der Waals surface area contributed by atoms with Gasteiger partial charge in [-0.3, -0.25) is 9.48 Å². The molecule has 0 radical (unpaired) electrons. The number of nitrogens with zero attached hydrogens (tertiary/aromatic N) is 2. The minimum absolute atomic E-state index is 0.0208. The number of benzene rings is 2. The number of anilines is 1. The van der Waals surface area contributed by atoms with Gasteiger partial charge in [0.1, 0.15) is 12.4 Å². The van der Waals surface area contributed by atoms with Crippen LogP contribution in [0.25, 0.3) is 0 Å². The van der Waals surface area contributed by atoms with Gasteiger partial charge in [0.15, 0.2) is 29.0 Å². The first-order valence-electron chi connectivity index (χ1n) is 9.55. The van der Waals surface area contributed by atoms with Crippen LogP contribution in [-0.2, 0) is 13.2 Å². The zero-order valence-corrected chi connectivity index (χ0v) is 18.4. The van der Waals surface area contributed by atoms with Crippen molar-refractivity contribution in [3.63, 3.8) is 0 Å². The first kappa shape index (κ1) is 23.7. The van der Waals surface area contributed by atoms with Gasteiger partial charge in [-0.15, -0.1) is 0 Å². The summed E-state index contributed by atoms with van der Waals surface area (Å²) >= 11 is 12.3. The van der Waals surface area contributed by atoms with Crippen LogP contribution in [0.3, 0.4) is 0 Å². The van der Waals surface area contributed by atoms with Gasteiger partial charge in [-0.05, 0) is 24.3 Å². The van der Waals surface area contributed by atoms with Crippen LogP contribution in [0.1, 0.15) is 21.9 Å². The predicted octanol–water partition coefficient (Wildman–Crippen LogP) is 6.22. The normalized spacial score (nSPS) is 11.0. The Morgan fingerprint density at radius 1 is 1.03 bits per heavy atom. The standard InChI is InChI=1S/C22H13Cl2F4N3O3/c23-13-2-1-3-14(24)12(13)9-31-7-6-18(30-31)29-22(32)17-5-4-11(34-17)10-33-21-19(27)15(25)8-16(26)20(21)28/h1-8H,9-10H2,(H,29,30,32). The van der Waals surface area contributed by atoms with Crippen molar-refractivity contribution in [2.24, 2.45) is 0 Å². The molecule has 12 heteroatoms. The first-order valence-corrected chi connectivity index (χ1v) is 10.3. The van der Waals surface area contributed by atoms with E-state index in [1.807, 2.05) is 0 Å². The topological polar surface area (TPSA) is 69.3 Å². The second-order valence-corrected chi connectivity index (χ2v) is 7.72. The highest BCUT2D eigenvalue weighted by Crippen LogP contribution is 2.28. The molecule has 0 atom stereocenters. The van der Waals surface area contributed by atoms with Crippen LogP contribution in [0.15, 0.2) is 53.1 Å². The number of hydrogen-bond donors (Lipinski definition) is 1. The van der Waals surface area contributed by atoms with Crippen molar-refractivity contribution in [1.29, 1.82) is 0 Å². The molecular weight excluding hydrogens is 501 g/mol. The van der Waals surface area contributed by atoms with Crippen molar-refractivity contribution in [3.8, 4) is 5.75 Å². The molecule has 6 nitrogen and oxygen atoms in total. The highest BCUT2D eigenvalue weighted by atomic mass is 35.5. The highest BCUT2D eigenvalue weighted by Gasteiger charge is 2.21. The van der Waals surface area contributed by atoms with Crippen LogP contribution in [0.2, 0.25) is 10.0 Å². The average Bonchev–Trinajstić information content (AvgIpc) is 3.45. The number of ether oxygens (including phenoxy) is 1. The monoisotopic (exact) mass is 513 g/mol. The van der Waals surface area contributed by atoms with Crippen LogP contribution in [0, 0.1) is 23.3 Å². The Morgan fingerprint density at radius 2 is 1.71 bits per heavy atom. The number of carbonyl (C=O) groups excluding carboxylic acids is 1. The quantitative estimate of drug-likeness (QED) is 0.235. The van der Waals surface area contributed by atoms with Gasteiger partial charge in [0.25, 0.3) is 5.91 Å². The summed E-state index contributed by atoms with van der Waals surface area (Å²) in [6, 6.07) is 9.30. The van der Waals surface area contributed by atoms with Crippen molar-refractivity contribution >= 4 is 34.9 Å². The van der Waals surface area contributed by atoms with Crippen molar-refractivity contribution in [1.82, 2.24) is 9.78 Å². The van der Waals surface area contributed by atoms with Gasteiger partial charge in [0, 0.05) is 33.9 Å². The molecule has 0 aliphatic rings. The molecule has 1 N–H and O–H groups in total. The fourth-order valence-electron chi connectivity index (χ4n) is 2.94. The molecule has 0 aliphatic heterocycles. The fourth-order valence-corrected chi connectivity index (χ4v) is 3.46. The zero-order valence-electron chi connectivity index (χ0n) is 16.9. The molecule has 0 aliphatic carbocycles. The molecule has 4 aromatic rings. The maximum atomic E-state index is 13.7. The number of halogens is 6. The Hall–Kier alpha value is -3.50. The van der Waals surface area contributed by atoms with E-state index in [-0.39, 0.29) is 29.9 Å². The van der Waals surface area contributed by atoms with E-state index in [1.54, 1.807) is 30.5 Å². The molecule has 34 heavy (non-hydrogen) atoms. The van der Waals surface area contributed by atoms with Crippen LogP contribution < -0.4 is 10.1 Å². The third-order valence-electron chi connectivity index (χ3n) is 4.58. The van der Waals surface area contributed by atoms with E-state index >= 15 is 0 Å². The SMILES string of the molecule is O=C(Nc1ccn(Cc2c(Cl)cccc2Cl)n1)c1ccc(COc2c(F)c(F)cc(F)c2F)o1. The minimum Gasteiger partial charge on any atom is -0.479 e. The molecule has 2 aromatic heterocycles. The summed E-state index contributed by atoms with van der Waals surface area (Å²) in [6.07, 6.45) is 1.61. The van der Waals surface area contributed by atoms with Crippen LogP contribution >= 0.6 is 23.2 Å². The van der Waals surface area contributed by atoms with E-state index in [9.17, 15) is 22.4 Å². The van der Waals surface area contributed by atoms with Crippen molar-refractivity contribution in [2.45, 2.75) is 13.2 Å². The van der Waals surface area contributed by atoms with E-state index < -0.39 is 41.5 Å². The summed E-state index contributed by atoms with van der Waals surface area (Å²) in [5.74, 6) is -8.45. The van der Waals surface area contributed by atoms with E-state index in [0.29, 0.717) is 15.6 Å². The molecule has 0 bridgehead atoms. The molecule has 1 amide bonds. The van der Waals surface area contributed by atoms with Gasteiger partial charge in [0.05, 0.1) is 6.54 Å². The number of nitrogens with one attached hydrogen (secondary N) is 1. The second-order valence-electron chi connectivity index (χ2n) is 6.90. The molecule has 176 valence electrons. The smallest absolute Gasteiger partial charge is 0.292 e. The molecular formula is C22H13Cl2F4N3O3. The summed E-state index contributed by atoms with van der Waals surface area (Å²) in [7, 11) is 0. The van der Waals surface area contributed by atoms with E-state index in [1.165, 1.54) is 16.8 Å². The van der Waals surface area contributed by atoms with Crippen molar-refractivity contribution in [3.05, 3.63) is 99.1 Å². The Bertz CT molecular complexity index is 1330. The second kappa shape index (κ2) is 9.78. The summed E-state index contributed by atoms with van der Waals surface area (Å²) < 4.78 is 65.5. The average molecular weight is 514 g/mol. The zero-order chi connectivity index (χ0) is 24.4. The van der Waals surface area contributed by atoms with Crippen LogP contribution in [0.4, 0.5) is 23.4 Å². The summed E-state index contributed by atoms with van der Waals surface area (Å²) in [6.45, 7) is -0.318. The molecule has 0 saturated carbocycles. The number of carbonyl (C=O) groups is 1. The lowest BCUT2D eigenvalue weighted by Gasteiger charge is -2.08. The largest absolute Gasteiger partial charge is 0.479 e. The molecule has 2 heterocycles. The molecule has 0 saturated heterocycles. The predicted molar refractivity (Wildman–Crippen MR) is 115 cm³/mol. The Balaban J connectivity index is 1.39. The molecule has 0 fully saturated rings. The maximum absolute atomic E-state index is 13.7. The highest BCUT2D eigenvalue weighted by molar-refractivity contribution is 6.35. The first-order chi connectivity index (χ1) is 16.2. The van der Waals surface area contributed by atoms with Gasteiger partial charge < -0.3 is 14.5 Å². The Morgan fingerprint density at radius 3 is 2.38 bits per heavy atom.